The lowest BCUT2D eigenvalue weighted by Gasteiger charge is -2.12. The number of alkyl halides is 1. The van der Waals surface area contributed by atoms with Gasteiger partial charge < -0.3 is 0 Å². The molecule has 1 atom stereocenters. The predicted octanol–water partition coefficient (Wildman–Crippen LogP) is 3.24. The Morgan fingerprint density at radius 1 is 1.56 bits per heavy atom. The van der Waals surface area contributed by atoms with E-state index in [2.05, 4.69) is 5.10 Å². The van der Waals surface area contributed by atoms with E-state index in [1.165, 1.54) is 0 Å². The zero-order chi connectivity index (χ0) is 13.4. The maximum Gasteiger partial charge on any atom is 0.313 e. The van der Waals surface area contributed by atoms with Crippen LogP contribution in [0.3, 0.4) is 0 Å². The first-order chi connectivity index (χ1) is 8.41. The fourth-order valence-corrected chi connectivity index (χ4v) is 2.65. The quantitative estimate of drug-likeness (QED) is 0.469. The summed E-state index contributed by atoms with van der Waals surface area (Å²) in [5.41, 5.74) is 1.28. The maximum absolute atomic E-state index is 11.2. The number of nitro groups is 1. The van der Waals surface area contributed by atoms with Crippen molar-refractivity contribution >= 4 is 17.3 Å². The van der Waals surface area contributed by atoms with Crippen LogP contribution < -0.4 is 0 Å². The molecular weight excluding hydrogens is 254 g/mol. The van der Waals surface area contributed by atoms with Crippen molar-refractivity contribution in [2.75, 3.05) is 0 Å². The van der Waals surface area contributed by atoms with E-state index in [4.69, 9.17) is 11.6 Å². The number of hydrogen-bond acceptors (Lipinski definition) is 3. The number of aromatic nitrogens is 2. The van der Waals surface area contributed by atoms with Crippen LogP contribution in [0.25, 0.3) is 0 Å². The second kappa shape index (κ2) is 4.88. The first-order valence-electron chi connectivity index (χ1n) is 6.28. The summed E-state index contributed by atoms with van der Waals surface area (Å²) in [5.74, 6) is 0.516. The third-order valence-electron chi connectivity index (χ3n) is 3.34. The summed E-state index contributed by atoms with van der Waals surface area (Å²) in [4.78, 5) is 10.8. The van der Waals surface area contributed by atoms with Gasteiger partial charge in [0.2, 0.25) is 0 Å². The average Bonchev–Trinajstić information content (AvgIpc) is 3.03. The van der Waals surface area contributed by atoms with Gasteiger partial charge in [0.05, 0.1) is 4.92 Å². The van der Waals surface area contributed by atoms with Crippen LogP contribution in [0, 0.1) is 23.0 Å². The lowest BCUT2D eigenvalue weighted by Crippen LogP contribution is -2.14. The Morgan fingerprint density at radius 3 is 2.61 bits per heavy atom. The van der Waals surface area contributed by atoms with E-state index in [1.54, 1.807) is 11.6 Å². The minimum absolute atomic E-state index is 0.0164. The molecule has 1 aliphatic rings. The molecule has 5 nitrogen and oxygen atoms in total. The van der Waals surface area contributed by atoms with E-state index >= 15 is 0 Å². The van der Waals surface area contributed by atoms with Crippen molar-refractivity contribution in [2.45, 2.75) is 51.5 Å². The molecule has 0 amide bonds. The highest BCUT2D eigenvalue weighted by Crippen LogP contribution is 2.39. The Morgan fingerprint density at radius 2 is 2.17 bits per heavy atom. The molecule has 1 aliphatic carbocycles. The summed E-state index contributed by atoms with van der Waals surface area (Å²) in [6, 6.07) is 0.107. The molecule has 2 rings (SSSR count). The van der Waals surface area contributed by atoms with Gasteiger partial charge in [0.1, 0.15) is 11.4 Å². The van der Waals surface area contributed by atoms with Gasteiger partial charge in [-0.1, -0.05) is 0 Å². The normalized spacial score (nSPS) is 17.2. The van der Waals surface area contributed by atoms with E-state index in [1.807, 2.05) is 13.8 Å². The molecule has 1 aromatic heterocycles. The van der Waals surface area contributed by atoms with Gasteiger partial charge >= 0.3 is 5.69 Å². The lowest BCUT2D eigenvalue weighted by molar-refractivity contribution is -0.386. The highest BCUT2D eigenvalue weighted by Gasteiger charge is 2.34. The summed E-state index contributed by atoms with van der Waals surface area (Å²) in [7, 11) is 0. The van der Waals surface area contributed by atoms with Crippen molar-refractivity contribution in [1.29, 1.82) is 0 Å². The first kappa shape index (κ1) is 13.3. The largest absolute Gasteiger partial charge is 0.313 e. The van der Waals surface area contributed by atoms with Gasteiger partial charge in [-0.2, -0.15) is 5.10 Å². The van der Waals surface area contributed by atoms with Crippen molar-refractivity contribution in [3.8, 4) is 0 Å². The summed E-state index contributed by atoms with van der Waals surface area (Å²) in [6.07, 6.45) is 2.80. The van der Waals surface area contributed by atoms with Crippen LogP contribution in [-0.2, 0) is 6.42 Å². The molecule has 1 saturated carbocycles. The second-order valence-electron chi connectivity index (χ2n) is 5.23. The number of halogens is 1. The van der Waals surface area contributed by atoms with Crippen molar-refractivity contribution in [2.24, 2.45) is 5.92 Å². The molecule has 0 bridgehead atoms. The van der Waals surface area contributed by atoms with Gasteiger partial charge in [-0.15, -0.1) is 11.6 Å². The minimum atomic E-state index is -0.340. The third-order valence-corrected chi connectivity index (χ3v) is 3.85. The van der Waals surface area contributed by atoms with E-state index in [9.17, 15) is 10.1 Å². The van der Waals surface area contributed by atoms with Crippen molar-refractivity contribution in [1.82, 2.24) is 9.78 Å². The number of hydrogen-bond donors (Lipinski definition) is 0. The Labute approximate surface area is 111 Å². The molecule has 18 heavy (non-hydrogen) atoms. The van der Waals surface area contributed by atoms with Crippen LogP contribution in [0.1, 0.15) is 44.1 Å². The van der Waals surface area contributed by atoms with Gasteiger partial charge in [0.25, 0.3) is 0 Å². The smallest absolute Gasteiger partial charge is 0.260 e. The molecule has 0 spiro atoms. The van der Waals surface area contributed by atoms with Crippen molar-refractivity contribution in [3.63, 3.8) is 0 Å². The van der Waals surface area contributed by atoms with E-state index in [-0.39, 0.29) is 22.0 Å². The van der Waals surface area contributed by atoms with Gasteiger partial charge in [0.15, 0.2) is 0 Å². The summed E-state index contributed by atoms with van der Waals surface area (Å²) in [6.45, 7) is 5.63. The molecule has 1 fully saturated rings. The average molecular weight is 272 g/mol. The van der Waals surface area contributed by atoms with Crippen LogP contribution in [-0.4, -0.2) is 20.1 Å². The Balaban J connectivity index is 2.36. The van der Waals surface area contributed by atoms with Crippen LogP contribution in [0.2, 0.25) is 0 Å². The Bertz CT molecular complexity index is 466. The molecular formula is C12H18ClN3O2. The summed E-state index contributed by atoms with van der Waals surface area (Å²) < 4.78 is 1.74. The third kappa shape index (κ3) is 2.51. The van der Waals surface area contributed by atoms with Crippen LogP contribution in [0.15, 0.2) is 0 Å². The molecule has 6 heteroatoms. The first-order valence-corrected chi connectivity index (χ1v) is 6.72. The SMILES string of the molecule is Cc1nn(C(C)C)c(CC(Cl)C2CC2)c1[N+](=O)[O-]. The molecule has 0 aromatic carbocycles. The molecule has 1 aromatic rings. The molecule has 100 valence electrons. The molecule has 0 saturated heterocycles. The van der Waals surface area contributed by atoms with Gasteiger partial charge in [-0.05, 0) is 39.5 Å². The highest BCUT2D eigenvalue weighted by molar-refractivity contribution is 6.21. The standard InChI is InChI=1S/C12H18ClN3O2/c1-7(2)15-11(6-10(13)9-4-5-9)12(16(17)18)8(3)14-15/h7,9-10H,4-6H2,1-3H3. The molecule has 1 unspecified atom stereocenters. The number of aryl methyl sites for hydroxylation is 1. The minimum Gasteiger partial charge on any atom is -0.260 e. The molecule has 1 heterocycles. The van der Waals surface area contributed by atoms with Crippen LogP contribution in [0.4, 0.5) is 5.69 Å². The monoisotopic (exact) mass is 271 g/mol. The Kier molecular flexibility index (Phi) is 3.61. The molecule has 0 N–H and O–H groups in total. The zero-order valence-electron chi connectivity index (χ0n) is 10.9. The number of rotatable bonds is 5. The van der Waals surface area contributed by atoms with Gasteiger partial charge in [-0.3, -0.25) is 14.8 Å². The van der Waals surface area contributed by atoms with E-state index in [0.717, 1.165) is 12.8 Å². The van der Waals surface area contributed by atoms with Gasteiger partial charge in [-0.25, -0.2) is 0 Å². The fraction of sp³-hybridized carbons (Fsp3) is 0.750. The fourth-order valence-electron chi connectivity index (χ4n) is 2.25. The Hall–Kier alpha value is -1.10. The predicted molar refractivity (Wildman–Crippen MR) is 70.1 cm³/mol. The molecule has 0 radical (unpaired) electrons. The van der Waals surface area contributed by atoms with Crippen molar-refractivity contribution < 1.29 is 4.92 Å². The molecule has 0 aliphatic heterocycles. The van der Waals surface area contributed by atoms with E-state index in [0.29, 0.717) is 23.7 Å². The summed E-state index contributed by atoms with van der Waals surface area (Å²) in [5, 5.41) is 15.4. The topological polar surface area (TPSA) is 61.0 Å². The second-order valence-corrected chi connectivity index (χ2v) is 5.79. The van der Waals surface area contributed by atoms with Crippen LogP contribution >= 0.6 is 11.6 Å². The van der Waals surface area contributed by atoms with Crippen LogP contribution in [0.5, 0.6) is 0 Å². The van der Waals surface area contributed by atoms with E-state index < -0.39 is 0 Å². The zero-order valence-corrected chi connectivity index (χ0v) is 11.6. The highest BCUT2D eigenvalue weighted by atomic mass is 35.5. The van der Waals surface area contributed by atoms with Crippen molar-refractivity contribution in [3.05, 3.63) is 21.5 Å². The van der Waals surface area contributed by atoms with Gasteiger partial charge in [0, 0.05) is 17.8 Å². The lowest BCUT2D eigenvalue weighted by atomic mass is 10.1. The number of nitrogens with zero attached hydrogens (tertiary/aromatic N) is 3. The maximum atomic E-state index is 11.2. The summed E-state index contributed by atoms with van der Waals surface area (Å²) >= 11 is 6.31.